The number of morpholine rings is 1. The average Bonchev–Trinajstić information content (AvgIpc) is 2.59. The van der Waals surface area contributed by atoms with E-state index in [1.54, 1.807) is 18.1 Å². The van der Waals surface area contributed by atoms with Gasteiger partial charge in [0, 0.05) is 38.9 Å². The van der Waals surface area contributed by atoms with Crippen molar-refractivity contribution in [2.45, 2.75) is 25.9 Å². The lowest BCUT2D eigenvalue weighted by Gasteiger charge is -2.33. The van der Waals surface area contributed by atoms with Crippen LogP contribution in [0.4, 0.5) is 4.79 Å². The summed E-state index contributed by atoms with van der Waals surface area (Å²) < 4.78 is 5.35. The molecule has 1 saturated heterocycles. The van der Waals surface area contributed by atoms with Crippen LogP contribution >= 0.6 is 0 Å². The van der Waals surface area contributed by atoms with Gasteiger partial charge in [0.05, 0.1) is 24.9 Å². The van der Waals surface area contributed by atoms with Gasteiger partial charge in [0.15, 0.2) is 0 Å². The first-order valence-electron chi connectivity index (χ1n) is 7.83. The maximum absolute atomic E-state index is 12.3. The number of carbonyl (C=O) groups excluding carboxylic acids is 1. The molecule has 1 aromatic rings. The van der Waals surface area contributed by atoms with Crippen molar-refractivity contribution in [1.82, 2.24) is 20.1 Å². The van der Waals surface area contributed by atoms with Crippen molar-refractivity contribution in [2.24, 2.45) is 0 Å². The van der Waals surface area contributed by atoms with E-state index >= 15 is 0 Å². The molecular formula is C16H26N4O2. The summed E-state index contributed by atoms with van der Waals surface area (Å²) in [6.07, 6.45) is 1.75. The van der Waals surface area contributed by atoms with E-state index in [-0.39, 0.29) is 12.1 Å². The molecular weight excluding hydrogens is 280 g/mol. The molecule has 0 bridgehead atoms. The highest BCUT2D eigenvalue weighted by molar-refractivity contribution is 5.74. The molecule has 122 valence electrons. The van der Waals surface area contributed by atoms with Crippen LogP contribution in [0.3, 0.4) is 0 Å². The second-order valence-electron chi connectivity index (χ2n) is 5.72. The number of nitrogens with zero attached hydrogens (tertiary/aromatic N) is 3. The van der Waals surface area contributed by atoms with Gasteiger partial charge in [0.25, 0.3) is 0 Å². The maximum Gasteiger partial charge on any atom is 0.317 e. The third-order valence-corrected chi connectivity index (χ3v) is 4.23. The fraction of sp³-hybridized carbons (Fsp3) is 0.625. The molecule has 6 nitrogen and oxygen atoms in total. The van der Waals surface area contributed by atoms with Crippen LogP contribution in [0.25, 0.3) is 0 Å². The van der Waals surface area contributed by atoms with Crippen LogP contribution < -0.4 is 5.32 Å². The highest BCUT2D eigenvalue weighted by Crippen LogP contribution is 2.15. The van der Waals surface area contributed by atoms with Gasteiger partial charge in [-0.3, -0.25) is 9.88 Å². The summed E-state index contributed by atoms with van der Waals surface area (Å²) in [5.74, 6) is 0. The molecule has 2 heterocycles. The molecule has 2 rings (SSSR count). The summed E-state index contributed by atoms with van der Waals surface area (Å²) in [6.45, 7) is 8.15. The molecule has 6 heteroatoms. The van der Waals surface area contributed by atoms with Crippen LogP contribution in [0.2, 0.25) is 0 Å². The number of amides is 2. The third-order valence-electron chi connectivity index (χ3n) is 4.23. The normalized spacial score (nSPS) is 18.5. The molecule has 1 aliphatic rings. The van der Waals surface area contributed by atoms with Crippen molar-refractivity contribution >= 4 is 6.03 Å². The van der Waals surface area contributed by atoms with Gasteiger partial charge in [0.1, 0.15) is 0 Å². The molecule has 22 heavy (non-hydrogen) atoms. The molecule has 0 aromatic carbocycles. The van der Waals surface area contributed by atoms with Crippen LogP contribution in [-0.2, 0) is 4.74 Å². The molecule has 0 aliphatic carbocycles. The van der Waals surface area contributed by atoms with E-state index in [0.717, 1.165) is 32.0 Å². The predicted octanol–water partition coefficient (Wildman–Crippen LogP) is 1.50. The number of hydrogen-bond acceptors (Lipinski definition) is 4. The smallest absolute Gasteiger partial charge is 0.317 e. The first-order chi connectivity index (χ1) is 10.6. The van der Waals surface area contributed by atoms with Crippen molar-refractivity contribution in [2.75, 3.05) is 39.9 Å². The molecule has 1 aromatic heterocycles. The minimum Gasteiger partial charge on any atom is -0.379 e. The monoisotopic (exact) mass is 306 g/mol. The molecule has 1 N–H and O–H groups in total. The molecule has 0 spiro atoms. The van der Waals surface area contributed by atoms with Crippen molar-refractivity contribution in [3.8, 4) is 0 Å². The number of pyridine rings is 1. The Hall–Kier alpha value is -1.66. The van der Waals surface area contributed by atoms with Crippen LogP contribution in [0, 0.1) is 0 Å². The lowest BCUT2D eigenvalue weighted by molar-refractivity contribution is 0.0206. The topological polar surface area (TPSA) is 57.7 Å². The van der Waals surface area contributed by atoms with Gasteiger partial charge < -0.3 is 15.0 Å². The zero-order chi connectivity index (χ0) is 15.9. The lowest BCUT2D eigenvalue weighted by atomic mass is 10.2. The predicted molar refractivity (Wildman–Crippen MR) is 85.7 cm³/mol. The number of nitrogens with one attached hydrogen (secondary N) is 1. The molecule has 2 unspecified atom stereocenters. The first kappa shape index (κ1) is 16.7. The second-order valence-corrected chi connectivity index (χ2v) is 5.72. The molecule has 1 aliphatic heterocycles. The highest BCUT2D eigenvalue weighted by atomic mass is 16.5. The van der Waals surface area contributed by atoms with Gasteiger partial charge in [-0.15, -0.1) is 0 Å². The van der Waals surface area contributed by atoms with Crippen LogP contribution in [0.5, 0.6) is 0 Å². The Morgan fingerprint density at radius 3 is 2.77 bits per heavy atom. The van der Waals surface area contributed by atoms with Gasteiger partial charge in [-0.05, 0) is 26.0 Å². The number of hydrogen-bond donors (Lipinski definition) is 1. The number of urea groups is 1. The molecule has 0 radical (unpaired) electrons. The zero-order valence-corrected chi connectivity index (χ0v) is 13.7. The average molecular weight is 306 g/mol. The van der Waals surface area contributed by atoms with E-state index in [1.807, 2.05) is 25.1 Å². The van der Waals surface area contributed by atoms with E-state index in [1.165, 1.54) is 0 Å². The minimum absolute atomic E-state index is 0.0557. The summed E-state index contributed by atoms with van der Waals surface area (Å²) in [6, 6.07) is 5.93. The molecule has 0 saturated carbocycles. The fourth-order valence-corrected chi connectivity index (χ4v) is 2.50. The number of rotatable bonds is 5. The number of ether oxygens (including phenoxy) is 1. The van der Waals surface area contributed by atoms with Gasteiger partial charge in [-0.2, -0.15) is 0 Å². The summed E-state index contributed by atoms with van der Waals surface area (Å²) >= 11 is 0. The number of aromatic nitrogens is 1. The van der Waals surface area contributed by atoms with E-state index in [0.29, 0.717) is 12.6 Å². The zero-order valence-electron chi connectivity index (χ0n) is 13.7. The van der Waals surface area contributed by atoms with Crippen molar-refractivity contribution < 1.29 is 9.53 Å². The molecule has 2 atom stereocenters. The second kappa shape index (κ2) is 8.10. The highest BCUT2D eigenvalue weighted by Gasteiger charge is 2.21. The van der Waals surface area contributed by atoms with Gasteiger partial charge in [-0.1, -0.05) is 6.07 Å². The standard InChI is InChI=1S/C16H26N4O2/c1-13(20-8-10-22-11-9-20)12-18-16(21)19(3)14(2)15-6-4-5-7-17-15/h4-7,13-14H,8-12H2,1-3H3,(H,18,21). The summed E-state index contributed by atoms with van der Waals surface area (Å²) in [5, 5.41) is 3.01. The molecule has 1 fully saturated rings. The summed E-state index contributed by atoms with van der Waals surface area (Å²) in [5.41, 5.74) is 0.890. The van der Waals surface area contributed by atoms with Gasteiger partial charge in [0.2, 0.25) is 0 Å². The van der Waals surface area contributed by atoms with E-state index in [4.69, 9.17) is 4.74 Å². The summed E-state index contributed by atoms with van der Waals surface area (Å²) in [7, 11) is 1.80. The van der Waals surface area contributed by atoms with E-state index in [2.05, 4.69) is 22.1 Å². The van der Waals surface area contributed by atoms with E-state index < -0.39 is 0 Å². The molecule has 2 amide bonds. The Morgan fingerprint density at radius 2 is 2.14 bits per heavy atom. The third kappa shape index (κ3) is 4.42. The fourth-order valence-electron chi connectivity index (χ4n) is 2.50. The van der Waals surface area contributed by atoms with Crippen molar-refractivity contribution in [3.63, 3.8) is 0 Å². The van der Waals surface area contributed by atoms with Crippen LogP contribution in [0.1, 0.15) is 25.6 Å². The van der Waals surface area contributed by atoms with Crippen LogP contribution in [0.15, 0.2) is 24.4 Å². The largest absolute Gasteiger partial charge is 0.379 e. The summed E-state index contributed by atoms with van der Waals surface area (Å²) in [4.78, 5) is 20.6. The Balaban J connectivity index is 1.81. The van der Waals surface area contributed by atoms with Gasteiger partial charge >= 0.3 is 6.03 Å². The Labute approximate surface area is 132 Å². The van der Waals surface area contributed by atoms with Gasteiger partial charge in [-0.25, -0.2) is 4.79 Å². The maximum atomic E-state index is 12.3. The number of carbonyl (C=O) groups is 1. The minimum atomic E-state index is -0.0711. The van der Waals surface area contributed by atoms with E-state index in [9.17, 15) is 4.79 Å². The van der Waals surface area contributed by atoms with Crippen LogP contribution in [-0.4, -0.2) is 66.8 Å². The lowest BCUT2D eigenvalue weighted by Crippen LogP contribution is -2.49. The Morgan fingerprint density at radius 1 is 1.41 bits per heavy atom. The Kier molecular flexibility index (Phi) is 6.15. The van der Waals surface area contributed by atoms with Crippen molar-refractivity contribution in [1.29, 1.82) is 0 Å². The first-order valence-corrected chi connectivity index (χ1v) is 7.83. The Bertz CT molecular complexity index is 462. The quantitative estimate of drug-likeness (QED) is 0.896. The SMILES string of the molecule is CC(CNC(=O)N(C)C(C)c1ccccn1)N1CCOCC1. The van der Waals surface area contributed by atoms with Crippen molar-refractivity contribution in [3.05, 3.63) is 30.1 Å².